The van der Waals surface area contributed by atoms with E-state index in [0.717, 1.165) is 6.07 Å². The van der Waals surface area contributed by atoms with Gasteiger partial charge in [-0.15, -0.1) is 0 Å². The van der Waals surface area contributed by atoms with Gasteiger partial charge in [0, 0.05) is 0 Å². The fourth-order valence-electron chi connectivity index (χ4n) is 0.432. The molecule has 0 spiro atoms. The quantitative estimate of drug-likeness (QED) is 0.534. The Kier molecular flexibility index (Phi) is 1.84. The summed E-state index contributed by atoms with van der Waals surface area (Å²) < 4.78 is 12.8. The van der Waals surface area contributed by atoms with Crippen molar-refractivity contribution in [1.29, 1.82) is 0 Å². The first kappa shape index (κ1) is 6.73. The Labute approximate surface area is 64.2 Å². The van der Waals surface area contributed by atoms with Crippen LogP contribution in [0, 0.1) is 9.52 Å². The van der Waals surface area contributed by atoms with Crippen LogP contribution in [0.15, 0.2) is 16.9 Å². The van der Waals surface area contributed by atoms with Crippen LogP contribution in [0.1, 0.15) is 0 Å². The molecule has 0 unspecified atom stereocenters. The van der Waals surface area contributed by atoms with Crippen molar-refractivity contribution in [2.75, 3.05) is 0 Å². The zero-order valence-electron chi connectivity index (χ0n) is 4.32. The van der Waals surface area contributed by atoms with Crippen molar-refractivity contribution in [3.8, 4) is 0 Å². The Balaban J connectivity index is 3.34. The second kappa shape index (κ2) is 2.47. The van der Waals surface area contributed by atoms with Gasteiger partial charge in [-0.3, -0.25) is 4.79 Å². The number of hydrogen-bond donors (Lipinski definition) is 1. The molecule has 1 aromatic heterocycles. The second-order valence-corrected chi connectivity index (χ2v) is 2.65. The Morgan fingerprint density at radius 2 is 2.22 bits per heavy atom. The van der Waals surface area contributed by atoms with Gasteiger partial charge in [-0.05, 0) is 34.7 Å². The largest absolute Gasteiger partial charge is 0.315 e. The van der Waals surface area contributed by atoms with Crippen LogP contribution in [0.3, 0.4) is 0 Å². The molecule has 1 N–H and O–H groups in total. The molecule has 0 aliphatic rings. The maximum absolute atomic E-state index is 12.2. The highest BCUT2D eigenvalue weighted by molar-refractivity contribution is 14.1. The summed E-state index contributed by atoms with van der Waals surface area (Å²) in [6, 6.07) is 2.64. The summed E-state index contributed by atoms with van der Waals surface area (Å²) in [7, 11) is 0. The van der Waals surface area contributed by atoms with Crippen LogP contribution >= 0.6 is 22.6 Å². The van der Waals surface area contributed by atoms with Gasteiger partial charge >= 0.3 is 0 Å². The number of H-pyrrole nitrogens is 1. The van der Waals surface area contributed by atoms with Crippen molar-refractivity contribution in [2.45, 2.75) is 0 Å². The molecular formula is C5H3FINO. The third kappa shape index (κ3) is 1.51. The second-order valence-electron chi connectivity index (χ2n) is 1.48. The Hall–Kier alpha value is -0.390. The van der Waals surface area contributed by atoms with Crippen molar-refractivity contribution < 1.29 is 4.39 Å². The van der Waals surface area contributed by atoms with Crippen molar-refractivity contribution in [3.63, 3.8) is 0 Å². The van der Waals surface area contributed by atoms with Crippen LogP contribution in [0.5, 0.6) is 0 Å². The molecule has 0 amide bonds. The molecule has 1 heterocycles. The molecule has 0 aromatic carbocycles. The molecule has 2 nitrogen and oxygen atoms in total. The monoisotopic (exact) mass is 239 g/mol. The molecule has 9 heavy (non-hydrogen) atoms. The van der Waals surface area contributed by atoms with E-state index in [1.54, 1.807) is 0 Å². The number of rotatable bonds is 0. The van der Waals surface area contributed by atoms with E-state index in [-0.39, 0.29) is 0 Å². The van der Waals surface area contributed by atoms with E-state index in [2.05, 4.69) is 4.98 Å². The molecule has 48 valence electrons. The molecule has 0 aliphatic carbocycles. The number of aromatic nitrogens is 1. The lowest BCUT2D eigenvalue weighted by molar-refractivity contribution is 0.607. The summed E-state index contributed by atoms with van der Waals surface area (Å²) in [4.78, 5) is 12.7. The number of aromatic amines is 1. The number of nitrogens with one attached hydrogen (secondary N) is 1. The topological polar surface area (TPSA) is 32.9 Å². The Morgan fingerprint density at radius 3 is 2.67 bits per heavy atom. The molecule has 0 bridgehead atoms. The Bertz CT molecular complexity index is 270. The highest BCUT2D eigenvalue weighted by Crippen LogP contribution is 1.95. The number of halogens is 2. The lowest BCUT2D eigenvalue weighted by Crippen LogP contribution is -2.10. The van der Waals surface area contributed by atoms with E-state index < -0.39 is 11.4 Å². The predicted octanol–water partition coefficient (Wildman–Crippen LogP) is 1.12. The number of hydrogen-bond acceptors (Lipinski definition) is 1. The third-order valence-electron chi connectivity index (χ3n) is 0.826. The van der Waals surface area contributed by atoms with Crippen LogP contribution in [0.25, 0.3) is 0 Å². The van der Waals surface area contributed by atoms with Crippen molar-refractivity contribution in [3.05, 3.63) is 32.0 Å². The first-order valence-corrected chi connectivity index (χ1v) is 3.32. The lowest BCUT2D eigenvalue weighted by atomic mass is 10.5. The molecule has 0 saturated heterocycles. The molecule has 0 radical (unpaired) electrons. The molecule has 0 aliphatic heterocycles. The molecule has 0 fully saturated rings. The summed E-state index contributed by atoms with van der Waals surface area (Å²) in [6.45, 7) is 0. The van der Waals surface area contributed by atoms with Gasteiger partial charge < -0.3 is 4.98 Å². The maximum Gasteiger partial charge on any atom is 0.284 e. The fourth-order valence-corrected chi connectivity index (χ4v) is 0.857. The van der Waals surface area contributed by atoms with E-state index in [1.165, 1.54) is 6.07 Å². The Morgan fingerprint density at radius 1 is 1.56 bits per heavy atom. The highest BCUT2D eigenvalue weighted by Gasteiger charge is 1.94. The van der Waals surface area contributed by atoms with Crippen LogP contribution < -0.4 is 5.56 Å². The fraction of sp³-hybridized carbons (Fsp3) is 0. The van der Waals surface area contributed by atoms with Gasteiger partial charge in [-0.2, -0.15) is 0 Å². The summed E-state index contributed by atoms with van der Waals surface area (Å²) in [5.74, 6) is -0.740. The van der Waals surface area contributed by atoms with E-state index in [0.29, 0.717) is 3.70 Å². The van der Waals surface area contributed by atoms with Crippen LogP contribution in [-0.2, 0) is 0 Å². The molecule has 0 atom stereocenters. The van der Waals surface area contributed by atoms with E-state index >= 15 is 0 Å². The number of pyridine rings is 1. The zero-order valence-corrected chi connectivity index (χ0v) is 6.48. The first-order valence-electron chi connectivity index (χ1n) is 2.24. The SMILES string of the molecule is O=c1[nH]c(I)ccc1F. The average Bonchev–Trinajstić information content (AvgIpc) is 1.80. The first-order chi connectivity index (χ1) is 4.20. The van der Waals surface area contributed by atoms with Crippen LogP contribution in [-0.4, -0.2) is 4.98 Å². The van der Waals surface area contributed by atoms with Crippen LogP contribution in [0.2, 0.25) is 0 Å². The maximum atomic E-state index is 12.2. The van der Waals surface area contributed by atoms with Gasteiger partial charge in [-0.1, -0.05) is 0 Å². The minimum absolute atomic E-state index is 0.638. The molecule has 1 aromatic rings. The minimum Gasteiger partial charge on any atom is -0.315 e. The zero-order chi connectivity index (χ0) is 6.85. The summed E-state index contributed by atoms with van der Waals surface area (Å²) in [6.07, 6.45) is 0. The van der Waals surface area contributed by atoms with E-state index in [4.69, 9.17) is 0 Å². The van der Waals surface area contributed by atoms with E-state index in [9.17, 15) is 9.18 Å². The van der Waals surface area contributed by atoms with Gasteiger partial charge in [-0.25, -0.2) is 4.39 Å². The predicted molar refractivity (Wildman–Crippen MR) is 39.7 cm³/mol. The van der Waals surface area contributed by atoms with Crippen LogP contribution in [0.4, 0.5) is 4.39 Å². The van der Waals surface area contributed by atoms with Crippen molar-refractivity contribution >= 4 is 22.6 Å². The standard InChI is InChI=1S/C5H3FINO/c6-3-1-2-4(7)8-5(3)9/h1-2H,(H,8,9). The molecule has 1 rings (SSSR count). The highest BCUT2D eigenvalue weighted by atomic mass is 127. The summed E-state index contributed by atoms with van der Waals surface area (Å²) in [5.41, 5.74) is -0.665. The van der Waals surface area contributed by atoms with Crippen molar-refractivity contribution in [1.82, 2.24) is 4.98 Å². The third-order valence-corrected chi connectivity index (χ3v) is 1.46. The summed E-state index contributed by atoms with van der Waals surface area (Å²) >= 11 is 1.90. The van der Waals surface area contributed by atoms with Gasteiger partial charge in [0.1, 0.15) is 0 Å². The van der Waals surface area contributed by atoms with Gasteiger partial charge in [0.15, 0.2) is 5.82 Å². The summed E-state index contributed by atoms with van der Waals surface area (Å²) in [5, 5.41) is 0. The van der Waals surface area contributed by atoms with E-state index in [1.807, 2.05) is 22.6 Å². The van der Waals surface area contributed by atoms with Crippen molar-refractivity contribution in [2.24, 2.45) is 0 Å². The average molecular weight is 239 g/mol. The smallest absolute Gasteiger partial charge is 0.284 e. The van der Waals surface area contributed by atoms with Gasteiger partial charge in [0.25, 0.3) is 5.56 Å². The lowest BCUT2D eigenvalue weighted by Gasteiger charge is -1.86. The molecule has 4 heteroatoms. The van der Waals surface area contributed by atoms with Gasteiger partial charge in [0.05, 0.1) is 3.70 Å². The molecule has 0 saturated carbocycles. The van der Waals surface area contributed by atoms with Gasteiger partial charge in [0.2, 0.25) is 0 Å². The normalized spacial score (nSPS) is 9.56. The molecular weight excluding hydrogens is 236 g/mol. The minimum atomic E-state index is -0.740.